The molecule has 0 aliphatic heterocycles. The summed E-state index contributed by atoms with van der Waals surface area (Å²) in [4.78, 5) is 33.5. The van der Waals surface area contributed by atoms with Crippen LogP contribution in [0.3, 0.4) is 0 Å². The molecule has 110 valence electrons. The maximum atomic E-state index is 12.0. The van der Waals surface area contributed by atoms with Crippen LogP contribution in [0.1, 0.15) is 23.2 Å². The van der Waals surface area contributed by atoms with Crippen molar-refractivity contribution in [1.29, 1.82) is 5.26 Å². The number of nitro groups is 1. The number of ether oxygens (including phenoxy) is 1. The quantitative estimate of drug-likeness (QED) is 0.477. The van der Waals surface area contributed by atoms with Crippen molar-refractivity contribution < 1.29 is 19.2 Å². The van der Waals surface area contributed by atoms with E-state index in [0.29, 0.717) is 0 Å². The van der Waals surface area contributed by atoms with Crippen molar-refractivity contribution in [3.63, 3.8) is 0 Å². The lowest BCUT2D eigenvalue weighted by molar-refractivity contribution is -0.384. The molecule has 0 bridgehead atoms. The van der Waals surface area contributed by atoms with Crippen LogP contribution in [0.5, 0.6) is 0 Å². The molecule has 0 fully saturated rings. The summed E-state index contributed by atoms with van der Waals surface area (Å²) in [6.45, 7) is 0. The Bertz CT molecular complexity index is 594. The van der Waals surface area contributed by atoms with Crippen LogP contribution < -0.4 is 5.32 Å². The molecule has 1 atom stereocenters. The van der Waals surface area contributed by atoms with Gasteiger partial charge in [-0.05, 0) is 12.5 Å². The summed E-state index contributed by atoms with van der Waals surface area (Å²) in [6.07, 6.45) is 0.166. The smallest absolute Gasteiger partial charge is 0.328 e. The van der Waals surface area contributed by atoms with Gasteiger partial charge in [0, 0.05) is 24.1 Å². The number of carbonyl (C=O) groups excluding carboxylic acids is 2. The first kappa shape index (κ1) is 16.1. The van der Waals surface area contributed by atoms with Crippen LogP contribution in [-0.4, -0.2) is 30.0 Å². The van der Waals surface area contributed by atoms with E-state index in [-0.39, 0.29) is 24.1 Å². The third-order valence-corrected chi connectivity index (χ3v) is 2.66. The molecule has 0 saturated carbocycles. The molecule has 0 heterocycles. The van der Waals surface area contributed by atoms with E-state index in [1.807, 2.05) is 6.07 Å². The second-order valence-electron chi connectivity index (χ2n) is 4.05. The zero-order chi connectivity index (χ0) is 15.8. The van der Waals surface area contributed by atoms with Crippen LogP contribution in [0, 0.1) is 21.4 Å². The van der Waals surface area contributed by atoms with Gasteiger partial charge >= 0.3 is 5.97 Å². The molecule has 1 aromatic rings. The van der Waals surface area contributed by atoms with Crippen LogP contribution in [-0.2, 0) is 9.53 Å². The zero-order valence-electron chi connectivity index (χ0n) is 11.2. The molecule has 8 nitrogen and oxygen atoms in total. The fourth-order valence-corrected chi connectivity index (χ4v) is 1.60. The third kappa shape index (κ3) is 4.58. The highest BCUT2D eigenvalue weighted by atomic mass is 16.6. The van der Waals surface area contributed by atoms with E-state index >= 15 is 0 Å². The summed E-state index contributed by atoms with van der Waals surface area (Å²) in [7, 11) is 1.17. The number of hydrogen-bond donors (Lipinski definition) is 1. The molecule has 1 amide bonds. The highest BCUT2D eigenvalue weighted by molar-refractivity contribution is 5.97. The Hall–Kier alpha value is -2.95. The number of carbonyl (C=O) groups is 2. The highest BCUT2D eigenvalue weighted by Gasteiger charge is 2.22. The van der Waals surface area contributed by atoms with Crippen molar-refractivity contribution in [2.45, 2.75) is 18.9 Å². The van der Waals surface area contributed by atoms with Gasteiger partial charge in [0.05, 0.1) is 18.1 Å². The average molecular weight is 291 g/mol. The minimum absolute atomic E-state index is 0.0510. The third-order valence-electron chi connectivity index (χ3n) is 2.66. The number of nitro benzene ring substituents is 1. The highest BCUT2D eigenvalue weighted by Crippen LogP contribution is 2.13. The summed E-state index contributed by atoms with van der Waals surface area (Å²) in [5.41, 5.74) is -0.177. The number of esters is 1. The zero-order valence-corrected chi connectivity index (χ0v) is 11.2. The minimum atomic E-state index is -0.971. The average Bonchev–Trinajstić information content (AvgIpc) is 2.50. The van der Waals surface area contributed by atoms with Gasteiger partial charge < -0.3 is 10.1 Å². The van der Waals surface area contributed by atoms with Gasteiger partial charge in [0.1, 0.15) is 6.04 Å². The lowest BCUT2D eigenvalue weighted by Gasteiger charge is -2.15. The summed E-state index contributed by atoms with van der Waals surface area (Å²) in [6, 6.07) is 6.01. The molecule has 0 spiro atoms. The largest absolute Gasteiger partial charge is 0.467 e. The normalized spacial score (nSPS) is 11.0. The maximum absolute atomic E-state index is 12.0. The summed E-state index contributed by atoms with van der Waals surface area (Å²) >= 11 is 0. The molecule has 1 rings (SSSR count). The number of nitrogens with one attached hydrogen (secondary N) is 1. The number of benzene rings is 1. The monoisotopic (exact) mass is 291 g/mol. The van der Waals surface area contributed by atoms with Gasteiger partial charge in [-0.2, -0.15) is 5.26 Å². The summed E-state index contributed by atoms with van der Waals surface area (Å²) in [5, 5.41) is 21.6. The molecule has 21 heavy (non-hydrogen) atoms. The molecule has 0 aromatic heterocycles. The van der Waals surface area contributed by atoms with Gasteiger partial charge in [0.25, 0.3) is 11.6 Å². The van der Waals surface area contributed by atoms with Crippen molar-refractivity contribution in [1.82, 2.24) is 5.32 Å². The Morgan fingerprint density at radius 2 is 2.24 bits per heavy atom. The SMILES string of the molecule is COC(=O)[C@@H](CCC#N)NC(=O)c1cccc([N+](=O)[O-])c1. The Labute approximate surface area is 120 Å². The molecular weight excluding hydrogens is 278 g/mol. The molecule has 0 radical (unpaired) electrons. The van der Waals surface area contributed by atoms with Crippen LogP contribution in [0.2, 0.25) is 0 Å². The first-order valence-electron chi connectivity index (χ1n) is 5.99. The molecule has 1 N–H and O–H groups in total. The first-order valence-corrected chi connectivity index (χ1v) is 5.99. The topological polar surface area (TPSA) is 122 Å². The fourth-order valence-electron chi connectivity index (χ4n) is 1.60. The Balaban J connectivity index is 2.86. The van der Waals surface area contributed by atoms with Crippen molar-refractivity contribution in [2.24, 2.45) is 0 Å². The van der Waals surface area contributed by atoms with Crippen molar-refractivity contribution in [3.05, 3.63) is 39.9 Å². The Kier molecular flexibility index (Phi) is 5.82. The van der Waals surface area contributed by atoms with Gasteiger partial charge in [-0.3, -0.25) is 14.9 Å². The van der Waals surface area contributed by atoms with E-state index in [9.17, 15) is 19.7 Å². The van der Waals surface area contributed by atoms with E-state index in [1.54, 1.807) is 0 Å². The van der Waals surface area contributed by atoms with Crippen molar-refractivity contribution in [2.75, 3.05) is 7.11 Å². The van der Waals surface area contributed by atoms with E-state index < -0.39 is 22.8 Å². The number of amides is 1. The molecule has 0 aliphatic rings. The van der Waals surface area contributed by atoms with Gasteiger partial charge in [-0.1, -0.05) is 6.07 Å². The van der Waals surface area contributed by atoms with Crippen molar-refractivity contribution >= 4 is 17.6 Å². The van der Waals surface area contributed by atoms with Gasteiger partial charge in [0.2, 0.25) is 0 Å². The molecular formula is C13H13N3O5. The predicted octanol–water partition coefficient (Wildman–Crippen LogP) is 1.17. The Morgan fingerprint density at radius 3 is 2.81 bits per heavy atom. The standard InChI is InChI=1S/C13H13N3O5/c1-21-13(18)11(6-3-7-14)15-12(17)9-4-2-5-10(8-9)16(19)20/h2,4-5,8,11H,3,6H2,1H3,(H,15,17)/t11-/m1/s1. The van der Waals surface area contributed by atoms with Crippen molar-refractivity contribution in [3.8, 4) is 6.07 Å². The summed E-state index contributed by atoms with van der Waals surface area (Å²) < 4.78 is 4.54. The van der Waals surface area contributed by atoms with E-state index in [2.05, 4.69) is 10.1 Å². The first-order chi connectivity index (χ1) is 9.99. The lowest BCUT2D eigenvalue weighted by atomic mass is 10.1. The fraction of sp³-hybridized carbons (Fsp3) is 0.308. The van der Waals surface area contributed by atoms with Crippen LogP contribution in [0.4, 0.5) is 5.69 Å². The second-order valence-corrected chi connectivity index (χ2v) is 4.05. The number of nitriles is 1. The number of hydrogen-bond acceptors (Lipinski definition) is 6. The second kappa shape index (κ2) is 7.59. The lowest BCUT2D eigenvalue weighted by Crippen LogP contribution is -2.41. The predicted molar refractivity (Wildman–Crippen MR) is 71.2 cm³/mol. The molecule has 1 aromatic carbocycles. The Morgan fingerprint density at radius 1 is 1.52 bits per heavy atom. The molecule has 8 heteroatoms. The van der Waals surface area contributed by atoms with Gasteiger partial charge in [0.15, 0.2) is 0 Å². The minimum Gasteiger partial charge on any atom is -0.467 e. The summed E-state index contributed by atoms with van der Waals surface area (Å²) in [5.74, 6) is -1.32. The van der Waals surface area contributed by atoms with Crippen LogP contribution >= 0.6 is 0 Å². The van der Waals surface area contributed by atoms with Crippen LogP contribution in [0.25, 0.3) is 0 Å². The molecule has 0 unspecified atom stereocenters. The number of non-ortho nitro benzene ring substituents is 1. The number of methoxy groups -OCH3 is 1. The van der Waals surface area contributed by atoms with E-state index in [4.69, 9.17) is 5.26 Å². The maximum Gasteiger partial charge on any atom is 0.328 e. The van der Waals surface area contributed by atoms with Gasteiger partial charge in [-0.25, -0.2) is 4.79 Å². The van der Waals surface area contributed by atoms with Crippen LogP contribution in [0.15, 0.2) is 24.3 Å². The number of nitrogens with zero attached hydrogens (tertiary/aromatic N) is 2. The van der Waals surface area contributed by atoms with E-state index in [1.165, 1.54) is 25.3 Å². The number of rotatable bonds is 6. The van der Waals surface area contributed by atoms with Gasteiger partial charge in [-0.15, -0.1) is 0 Å². The van der Waals surface area contributed by atoms with E-state index in [0.717, 1.165) is 6.07 Å². The molecule has 0 aliphatic carbocycles. The molecule has 0 saturated heterocycles.